The molecule has 0 heterocycles. The topological polar surface area (TPSA) is 52.6 Å². The van der Waals surface area contributed by atoms with Crippen molar-refractivity contribution in [2.45, 2.75) is 78.4 Å². The van der Waals surface area contributed by atoms with Crippen molar-refractivity contribution in [3.05, 3.63) is 0 Å². The molecule has 20 heavy (non-hydrogen) atoms. The minimum atomic E-state index is -0.266. The molecule has 0 N–H and O–H groups in total. The average Bonchev–Trinajstić information content (AvgIpc) is 2.47. The van der Waals surface area contributed by atoms with E-state index in [1.807, 2.05) is 27.7 Å². The first-order chi connectivity index (χ1) is 9.49. The maximum atomic E-state index is 11.9. The fraction of sp³-hybridized carbons (Fsp3) is 0.875. The molecular weight excluding hydrogens is 256 g/mol. The number of esters is 2. The van der Waals surface area contributed by atoms with Crippen LogP contribution in [0.2, 0.25) is 0 Å². The van der Waals surface area contributed by atoms with Crippen molar-refractivity contribution in [2.24, 2.45) is 11.8 Å². The second kappa shape index (κ2) is 8.28. The van der Waals surface area contributed by atoms with Crippen LogP contribution in [0.25, 0.3) is 0 Å². The molecule has 0 aromatic rings. The van der Waals surface area contributed by atoms with Gasteiger partial charge in [0.15, 0.2) is 0 Å². The highest BCUT2D eigenvalue weighted by Gasteiger charge is 2.33. The van der Waals surface area contributed by atoms with Crippen LogP contribution in [0.3, 0.4) is 0 Å². The molecule has 4 unspecified atom stereocenters. The molecule has 0 aliphatic heterocycles. The summed E-state index contributed by atoms with van der Waals surface area (Å²) in [5, 5.41) is 0. The van der Waals surface area contributed by atoms with E-state index in [1.54, 1.807) is 0 Å². The highest BCUT2D eigenvalue weighted by atomic mass is 16.6. The molecule has 0 saturated heterocycles. The molecule has 0 bridgehead atoms. The summed E-state index contributed by atoms with van der Waals surface area (Å²) in [7, 11) is 0. The van der Waals surface area contributed by atoms with Crippen LogP contribution >= 0.6 is 0 Å². The summed E-state index contributed by atoms with van der Waals surface area (Å²) in [6.07, 6.45) is 4.63. The summed E-state index contributed by atoms with van der Waals surface area (Å²) in [6.45, 7) is 7.66. The predicted molar refractivity (Wildman–Crippen MR) is 77.1 cm³/mol. The summed E-state index contributed by atoms with van der Waals surface area (Å²) < 4.78 is 11.1. The van der Waals surface area contributed by atoms with Gasteiger partial charge in [0.1, 0.15) is 12.2 Å². The summed E-state index contributed by atoms with van der Waals surface area (Å²) in [6, 6.07) is 0. The van der Waals surface area contributed by atoms with Gasteiger partial charge < -0.3 is 9.47 Å². The predicted octanol–water partition coefficient (Wildman–Crippen LogP) is 3.48. The van der Waals surface area contributed by atoms with Crippen molar-refractivity contribution < 1.29 is 19.1 Å². The largest absolute Gasteiger partial charge is 0.458 e. The normalized spacial score (nSPS) is 25.6. The lowest BCUT2D eigenvalue weighted by atomic mass is 9.94. The van der Waals surface area contributed by atoms with Gasteiger partial charge in [0.2, 0.25) is 0 Å². The van der Waals surface area contributed by atoms with Gasteiger partial charge in [-0.15, -0.1) is 0 Å². The minimum absolute atomic E-state index is 0.0946. The van der Waals surface area contributed by atoms with Gasteiger partial charge in [-0.25, -0.2) is 0 Å². The highest BCUT2D eigenvalue weighted by Crippen LogP contribution is 2.26. The highest BCUT2D eigenvalue weighted by molar-refractivity contribution is 5.73. The van der Waals surface area contributed by atoms with Gasteiger partial charge in [-0.05, 0) is 38.5 Å². The minimum Gasteiger partial charge on any atom is -0.458 e. The van der Waals surface area contributed by atoms with Gasteiger partial charge in [-0.3, -0.25) is 9.59 Å². The third-order valence-electron chi connectivity index (χ3n) is 4.21. The van der Waals surface area contributed by atoms with Crippen molar-refractivity contribution in [1.82, 2.24) is 0 Å². The van der Waals surface area contributed by atoms with Gasteiger partial charge in [0.25, 0.3) is 0 Å². The summed E-state index contributed by atoms with van der Waals surface area (Å²) >= 11 is 0. The van der Waals surface area contributed by atoms with E-state index >= 15 is 0 Å². The SMILES string of the molecule is CCC(C)C(=O)OC1CCCCC1OC(=O)C(C)CC. The standard InChI is InChI=1S/C16H28O4/c1-5-11(3)15(17)19-13-9-7-8-10-14(13)20-16(18)12(4)6-2/h11-14H,5-10H2,1-4H3. The Bertz CT molecular complexity index is 294. The van der Waals surface area contributed by atoms with Crippen molar-refractivity contribution >= 4 is 11.9 Å². The Kier molecular flexibility index (Phi) is 7.03. The smallest absolute Gasteiger partial charge is 0.309 e. The van der Waals surface area contributed by atoms with Crippen LogP contribution in [-0.2, 0) is 19.1 Å². The number of rotatable bonds is 6. The maximum Gasteiger partial charge on any atom is 0.309 e. The van der Waals surface area contributed by atoms with Crippen molar-refractivity contribution in [3.63, 3.8) is 0 Å². The molecule has 116 valence electrons. The van der Waals surface area contributed by atoms with E-state index in [0.29, 0.717) is 0 Å². The lowest BCUT2D eigenvalue weighted by Crippen LogP contribution is -2.39. The van der Waals surface area contributed by atoms with Gasteiger partial charge in [0, 0.05) is 0 Å². The zero-order valence-corrected chi connectivity index (χ0v) is 13.2. The zero-order valence-electron chi connectivity index (χ0n) is 13.2. The lowest BCUT2D eigenvalue weighted by Gasteiger charge is -2.32. The molecule has 4 atom stereocenters. The number of hydrogen-bond acceptors (Lipinski definition) is 4. The number of carbonyl (C=O) groups excluding carboxylic acids is 2. The molecule has 1 rings (SSSR count). The molecule has 4 nitrogen and oxygen atoms in total. The molecule has 0 amide bonds. The Hall–Kier alpha value is -1.06. The average molecular weight is 284 g/mol. The second-order valence-electron chi connectivity index (χ2n) is 5.85. The molecule has 1 aliphatic carbocycles. The van der Waals surface area contributed by atoms with Crippen molar-refractivity contribution in [2.75, 3.05) is 0 Å². The first kappa shape index (κ1) is 17.0. The molecule has 0 radical (unpaired) electrons. The number of hydrogen-bond donors (Lipinski definition) is 0. The summed E-state index contributed by atoms with van der Waals surface area (Å²) in [5.41, 5.74) is 0. The summed E-state index contributed by atoms with van der Waals surface area (Å²) in [5.74, 6) is -0.543. The molecular formula is C16H28O4. The van der Waals surface area contributed by atoms with Crippen LogP contribution in [0.5, 0.6) is 0 Å². The number of ether oxygens (including phenoxy) is 2. The monoisotopic (exact) mass is 284 g/mol. The molecule has 1 saturated carbocycles. The Morgan fingerprint density at radius 3 is 1.55 bits per heavy atom. The van der Waals surface area contributed by atoms with Crippen LogP contribution in [-0.4, -0.2) is 24.1 Å². The Morgan fingerprint density at radius 1 is 0.900 bits per heavy atom. The van der Waals surface area contributed by atoms with E-state index in [-0.39, 0.29) is 36.0 Å². The van der Waals surface area contributed by atoms with E-state index < -0.39 is 0 Å². The van der Waals surface area contributed by atoms with Crippen LogP contribution in [0.4, 0.5) is 0 Å². The van der Waals surface area contributed by atoms with E-state index in [9.17, 15) is 9.59 Å². The quantitative estimate of drug-likeness (QED) is 0.701. The van der Waals surface area contributed by atoms with E-state index in [2.05, 4.69) is 0 Å². The maximum absolute atomic E-state index is 11.9. The number of carbonyl (C=O) groups is 2. The third-order valence-corrected chi connectivity index (χ3v) is 4.21. The van der Waals surface area contributed by atoms with Crippen LogP contribution in [0.1, 0.15) is 66.2 Å². The Morgan fingerprint density at radius 2 is 1.25 bits per heavy atom. The zero-order chi connectivity index (χ0) is 15.1. The van der Waals surface area contributed by atoms with Crippen LogP contribution in [0, 0.1) is 11.8 Å². The molecule has 1 aliphatic rings. The molecule has 4 heteroatoms. The van der Waals surface area contributed by atoms with E-state index in [4.69, 9.17) is 9.47 Å². The van der Waals surface area contributed by atoms with E-state index in [0.717, 1.165) is 38.5 Å². The Labute approximate surface area is 122 Å². The Balaban J connectivity index is 2.58. The molecule has 0 aromatic carbocycles. The van der Waals surface area contributed by atoms with Crippen LogP contribution < -0.4 is 0 Å². The van der Waals surface area contributed by atoms with Crippen molar-refractivity contribution in [3.8, 4) is 0 Å². The van der Waals surface area contributed by atoms with Crippen LogP contribution in [0.15, 0.2) is 0 Å². The molecule has 0 spiro atoms. The van der Waals surface area contributed by atoms with E-state index in [1.165, 1.54) is 0 Å². The molecule has 1 fully saturated rings. The fourth-order valence-electron chi connectivity index (χ4n) is 2.20. The van der Waals surface area contributed by atoms with Gasteiger partial charge in [-0.2, -0.15) is 0 Å². The van der Waals surface area contributed by atoms with Gasteiger partial charge >= 0.3 is 11.9 Å². The van der Waals surface area contributed by atoms with Crippen molar-refractivity contribution in [1.29, 1.82) is 0 Å². The lowest BCUT2D eigenvalue weighted by molar-refractivity contribution is -0.176. The summed E-state index contributed by atoms with van der Waals surface area (Å²) in [4.78, 5) is 23.8. The molecule has 0 aromatic heterocycles. The van der Waals surface area contributed by atoms with Gasteiger partial charge in [0.05, 0.1) is 11.8 Å². The first-order valence-electron chi connectivity index (χ1n) is 7.90. The second-order valence-corrected chi connectivity index (χ2v) is 5.85. The van der Waals surface area contributed by atoms with Gasteiger partial charge in [-0.1, -0.05) is 27.7 Å². The third kappa shape index (κ3) is 4.80. The first-order valence-corrected chi connectivity index (χ1v) is 7.90. The fourth-order valence-corrected chi connectivity index (χ4v) is 2.20.